The average Bonchev–Trinajstić information content (AvgIpc) is 3.54. The van der Waals surface area contributed by atoms with E-state index in [2.05, 4.69) is 70.4 Å². The molecular formula is C21H30N10S2. The minimum atomic E-state index is -0.0456. The Morgan fingerprint density at radius 3 is 2.33 bits per heavy atom. The Morgan fingerprint density at radius 2 is 1.64 bits per heavy atom. The first-order chi connectivity index (χ1) is 16.1. The van der Waals surface area contributed by atoms with Gasteiger partial charge in [-0.1, -0.05) is 12.1 Å². The first-order valence-electron chi connectivity index (χ1n) is 10.8. The lowest BCUT2D eigenvalue weighted by Crippen LogP contribution is -2.63. The van der Waals surface area contributed by atoms with E-state index < -0.39 is 0 Å². The van der Waals surface area contributed by atoms with Gasteiger partial charge in [-0.25, -0.2) is 9.98 Å². The fourth-order valence-electron chi connectivity index (χ4n) is 3.46. The van der Waals surface area contributed by atoms with Crippen LogP contribution in [0.2, 0.25) is 0 Å². The van der Waals surface area contributed by atoms with Crippen LogP contribution in [-0.2, 0) is 13.1 Å². The Kier molecular flexibility index (Phi) is 7.79. The molecule has 0 bridgehead atoms. The highest BCUT2D eigenvalue weighted by atomic mass is 32.1. The lowest BCUT2D eigenvalue weighted by atomic mass is 10.2. The molecule has 176 valence electrons. The van der Waals surface area contributed by atoms with E-state index in [-0.39, 0.29) is 12.3 Å². The van der Waals surface area contributed by atoms with Gasteiger partial charge in [-0.2, -0.15) is 0 Å². The SMILES string of the molecule is CN=C1NC(N(CCC2NC(=NC)NC(=NCc3cccs3)N2)Cc2cccs2)=NC(C)N1. The van der Waals surface area contributed by atoms with Crippen molar-refractivity contribution >= 4 is 46.5 Å². The maximum atomic E-state index is 4.77. The average molecular weight is 487 g/mol. The van der Waals surface area contributed by atoms with E-state index in [1.54, 1.807) is 36.8 Å². The molecule has 2 aliphatic heterocycles. The fourth-order valence-corrected chi connectivity index (χ4v) is 4.81. The van der Waals surface area contributed by atoms with Gasteiger partial charge in [-0.3, -0.25) is 20.6 Å². The zero-order valence-corrected chi connectivity index (χ0v) is 20.6. The van der Waals surface area contributed by atoms with Crippen molar-refractivity contribution in [2.45, 2.75) is 38.8 Å². The lowest BCUT2D eigenvalue weighted by molar-refractivity contribution is 0.355. The third kappa shape index (κ3) is 6.45. The smallest absolute Gasteiger partial charge is 0.203 e. The van der Waals surface area contributed by atoms with Gasteiger partial charge < -0.3 is 20.9 Å². The topological polar surface area (TPSA) is 113 Å². The maximum absolute atomic E-state index is 4.77. The van der Waals surface area contributed by atoms with Gasteiger partial charge in [0.2, 0.25) is 5.96 Å². The van der Waals surface area contributed by atoms with Crippen LogP contribution >= 0.6 is 22.7 Å². The summed E-state index contributed by atoms with van der Waals surface area (Å²) in [5, 5.41) is 20.8. The summed E-state index contributed by atoms with van der Waals surface area (Å²) in [7, 11) is 3.53. The van der Waals surface area contributed by atoms with Gasteiger partial charge in [0.1, 0.15) is 12.3 Å². The highest BCUT2D eigenvalue weighted by Gasteiger charge is 2.24. The molecule has 4 heterocycles. The van der Waals surface area contributed by atoms with Crippen molar-refractivity contribution in [2.24, 2.45) is 20.0 Å². The molecule has 0 amide bonds. The van der Waals surface area contributed by atoms with Gasteiger partial charge in [0.05, 0.1) is 13.1 Å². The van der Waals surface area contributed by atoms with E-state index in [1.165, 1.54) is 9.75 Å². The third-order valence-electron chi connectivity index (χ3n) is 5.08. The van der Waals surface area contributed by atoms with Crippen LogP contribution in [0.4, 0.5) is 0 Å². The molecule has 0 radical (unpaired) electrons. The second-order valence-electron chi connectivity index (χ2n) is 7.54. The summed E-state index contributed by atoms with van der Waals surface area (Å²) < 4.78 is 0. The molecule has 33 heavy (non-hydrogen) atoms. The molecule has 10 nitrogen and oxygen atoms in total. The van der Waals surface area contributed by atoms with Crippen LogP contribution < -0.4 is 26.6 Å². The molecular weight excluding hydrogens is 456 g/mol. The first-order valence-corrected chi connectivity index (χ1v) is 12.6. The van der Waals surface area contributed by atoms with Gasteiger partial charge in [0.25, 0.3) is 0 Å². The predicted octanol–water partition coefficient (Wildman–Crippen LogP) is 1.53. The van der Waals surface area contributed by atoms with Crippen LogP contribution in [-0.4, -0.2) is 61.7 Å². The van der Waals surface area contributed by atoms with E-state index in [9.17, 15) is 0 Å². The second kappa shape index (κ2) is 11.1. The Bertz CT molecular complexity index is 1010. The number of thiophene rings is 2. The van der Waals surface area contributed by atoms with E-state index in [1.807, 2.05) is 13.0 Å². The largest absolute Gasteiger partial charge is 0.337 e. The highest BCUT2D eigenvalue weighted by Crippen LogP contribution is 2.14. The summed E-state index contributed by atoms with van der Waals surface area (Å²) in [6.45, 7) is 4.19. The number of nitrogens with one attached hydrogen (secondary N) is 5. The molecule has 0 saturated carbocycles. The Hall–Kier alpha value is -3.12. The molecule has 5 N–H and O–H groups in total. The molecule has 2 aromatic rings. The quantitative estimate of drug-likeness (QED) is 0.406. The molecule has 0 aliphatic carbocycles. The summed E-state index contributed by atoms with van der Waals surface area (Å²) in [5.74, 6) is 2.98. The zero-order chi connectivity index (χ0) is 23.0. The normalized spacial score (nSPS) is 23.8. The number of rotatable bonds is 7. The summed E-state index contributed by atoms with van der Waals surface area (Å²) in [6.07, 6.45) is 0.748. The Morgan fingerprint density at radius 1 is 0.939 bits per heavy atom. The van der Waals surface area contributed by atoms with E-state index in [0.29, 0.717) is 12.5 Å². The predicted molar refractivity (Wildman–Crippen MR) is 138 cm³/mol. The highest BCUT2D eigenvalue weighted by molar-refractivity contribution is 7.10. The molecule has 2 atom stereocenters. The number of aliphatic imine (C=N–C) groups is 4. The van der Waals surface area contributed by atoms with Gasteiger partial charge in [-0.15, -0.1) is 22.7 Å². The summed E-state index contributed by atoms with van der Waals surface area (Å²) in [4.78, 5) is 22.8. The number of nitrogens with zero attached hydrogens (tertiary/aromatic N) is 5. The van der Waals surface area contributed by atoms with Crippen LogP contribution in [0.1, 0.15) is 23.1 Å². The van der Waals surface area contributed by atoms with Gasteiger partial charge in [-0.05, 0) is 29.8 Å². The molecule has 12 heteroatoms. The number of guanidine groups is 4. The van der Waals surface area contributed by atoms with Gasteiger partial charge in [0, 0.05) is 36.8 Å². The van der Waals surface area contributed by atoms with Gasteiger partial charge >= 0.3 is 0 Å². The lowest BCUT2D eigenvalue weighted by Gasteiger charge is -2.34. The number of hydrogen-bond donors (Lipinski definition) is 5. The third-order valence-corrected chi connectivity index (χ3v) is 6.81. The van der Waals surface area contributed by atoms with Crippen molar-refractivity contribution in [1.82, 2.24) is 31.5 Å². The van der Waals surface area contributed by atoms with Crippen molar-refractivity contribution in [3.8, 4) is 0 Å². The van der Waals surface area contributed by atoms with Gasteiger partial charge in [0.15, 0.2) is 17.9 Å². The van der Waals surface area contributed by atoms with Crippen LogP contribution in [0.5, 0.6) is 0 Å². The van der Waals surface area contributed by atoms with E-state index in [4.69, 9.17) is 9.98 Å². The fraction of sp³-hybridized carbons (Fsp3) is 0.429. The van der Waals surface area contributed by atoms with Crippen molar-refractivity contribution in [2.75, 3.05) is 20.6 Å². The molecule has 2 aromatic heterocycles. The Labute approximate surface area is 202 Å². The van der Waals surface area contributed by atoms with E-state index in [0.717, 1.165) is 37.4 Å². The number of hydrogen-bond acceptors (Lipinski definition) is 7. The summed E-state index contributed by atoms with van der Waals surface area (Å²) in [5.41, 5.74) is 0. The molecule has 0 aromatic carbocycles. The van der Waals surface area contributed by atoms with Crippen LogP contribution in [0, 0.1) is 0 Å². The Balaban J connectivity index is 1.45. The minimum absolute atomic E-state index is 0.0167. The van der Waals surface area contributed by atoms with Crippen LogP contribution in [0.3, 0.4) is 0 Å². The van der Waals surface area contributed by atoms with Crippen LogP contribution in [0.25, 0.3) is 0 Å². The second-order valence-corrected chi connectivity index (χ2v) is 9.61. The van der Waals surface area contributed by atoms with Crippen LogP contribution in [0.15, 0.2) is 55.0 Å². The van der Waals surface area contributed by atoms with Crippen molar-refractivity contribution in [1.29, 1.82) is 0 Å². The molecule has 1 fully saturated rings. The molecule has 0 spiro atoms. The monoisotopic (exact) mass is 486 g/mol. The summed E-state index contributed by atoms with van der Waals surface area (Å²) >= 11 is 3.45. The van der Waals surface area contributed by atoms with Crippen molar-refractivity contribution in [3.63, 3.8) is 0 Å². The van der Waals surface area contributed by atoms with Crippen molar-refractivity contribution in [3.05, 3.63) is 44.8 Å². The first kappa shape index (κ1) is 23.1. The maximum Gasteiger partial charge on any atom is 0.203 e. The standard InChI is InChI=1S/C21H30N10S2/c1-14-25-18(22-2)30-21(26-14)31(13-16-7-5-11-33-16)9-8-17-27-19(23-3)29-20(28-17)24-12-15-6-4-10-32-15/h4-7,10-11,14,17H,8-9,12-13H2,1-3H3,(H2,22,25,26,30)(H3,23,24,27,28,29). The van der Waals surface area contributed by atoms with E-state index >= 15 is 0 Å². The minimum Gasteiger partial charge on any atom is -0.337 e. The van der Waals surface area contributed by atoms with Crippen molar-refractivity contribution < 1.29 is 0 Å². The zero-order valence-electron chi connectivity index (χ0n) is 19.0. The molecule has 1 saturated heterocycles. The molecule has 4 rings (SSSR count). The summed E-state index contributed by atoms with van der Waals surface area (Å²) in [6, 6.07) is 8.36. The molecule has 2 aliphatic rings. The molecule has 2 unspecified atom stereocenters.